The van der Waals surface area contributed by atoms with E-state index in [2.05, 4.69) is 48.5 Å². The van der Waals surface area contributed by atoms with E-state index in [0.29, 0.717) is 25.7 Å². The second kappa shape index (κ2) is 68.5. The van der Waals surface area contributed by atoms with Gasteiger partial charge in [-0.05, 0) is 43.4 Å². The second-order valence-electron chi connectivity index (χ2n) is 29.1. The molecule has 0 rings (SSSR count). The molecule has 4 unspecified atom stereocenters. The Labute approximate surface area is 594 Å². The first-order valence-corrected chi connectivity index (χ1v) is 43.4. The van der Waals surface area contributed by atoms with Gasteiger partial charge in [-0.25, -0.2) is 9.13 Å². The van der Waals surface area contributed by atoms with E-state index in [1.54, 1.807) is 0 Å². The molecule has 0 saturated heterocycles. The number of aliphatic hydroxyl groups is 1. The van der Waals surface area contributed by atoms with Gasteiger partial charge in [0.05, 0.1) is 26.4 Å². The number of phosphoric ester groups is 2. The molecule has 7 atom stereocenters. The fourth-order valence-electron chi connectivity index (χ4n) is 11.9. The summed E-state index contributed by atoms with van der Waals surface area (Å²) in [5, 5.41) is 10.6. The average Bonchev–Trinajstić information content (AvgIpc) is 1.62. The molecule has 0 aromatic rings. The van der Waals surface area contributed by atoms with Crippen LogP contribution in [-0.4, -0.2) is 96.7 Å². The Morgan fingerprint density at radius 2 is 0.526 bits per heavy atom. The number of ether oxygens (including phenoxy) is 4. The van der Waals surface area contributed by atoms with Crippen LogP contribution in [0.1, 0.15) is 402 Å². The fourth-order valence-corrected chi connectivity index (χ4v) is 13.5. The number of esters is 4. The first-order chi connectivity index (χ1) is 46.8. The number of rotatable bonds is 76. The van der Waals surface area contributed by atoms with Crippen LogP contribution in [0.15, 0.2) is 0 Å². The van der Waals surface area contributed by atoms with Gasteiger partial charge in [0.25, 0.3) is 0 Å². The SMILES string of the molecule is CCCCCCCCCC(=O)OC[C@H](COP(=O)(O)OC[C@H](O)COP(=O)(O)OC[C@@H](COC(=O)CCCCCCCCCCCCCCCCC(C)CC)OC(=O)CCCCCCCCCCCCCCCCC(C)CC)OC(=O)CCCCCCCCCCCCCC(C)C. The minimum Gasteiger partial charge on any atom is -0.462 e. The lowest BCUT2D eigenvalue weighted by molar-refractivity contribution is -0.161. The van der Waals surface area contributed by atoms with Crippen molar-refractivity contribution in [3.8, 4) is 0 Å². The quantitative estimate of drug-likeness (QED) is 0.0222. The van der Waals surface area contributed by atoms with Gasteiger partial charge in [0, 0.05) is 25.7 Å². The molecule has 17 nitrogen and oxygen atoms in total. The Morgan fingerprint density at radius 1 is 0.299 bits per heavy atom. The van der Waals surface area contributed by atoms with Gasteiger partial charge in [0.2, 0.25) is 0 Å². The van der Waals surface area contributed by atoms with E-state index in [4.69, 9.17) is 37.0 Å². The highest BCUT2D eigenvalue weighted by molar-refractivity contribution is 7.47. The number of phosphoric acid groups is 2. The molecular formula is C78H152O17P2. The summed E-state index contributed by atoms with van der Waals surface area (Å²) in [4.78, 5) is 72.8. The zero-order chi connectivity index (χ0) is 71.6. The van der Waals surface area contributed by atoms with Crippen LogP contribution in [0.5, 0.6) is 0 Å². The maximum atomic E-state index is 13.1. The summed E-state index contributed by atoms with van der Waals surface area (Å²) in [6.45, 7) is 12.0. The molecular weight excluding hydrogens is 1270 g/mol. The van der Waals surface area contributed by atoms with Gasteiger partial charge >= 0.3 is 39.5 Å². The molecule has 0 spiro atoms. The lowest BCUT2D eigenvalue weighted by atomic mass is 9.99. The molecule has 0 aromatic heterocycles. The van der Waals surface area contributed by atoms with Gasteiger partial charge in [-0.2, -0.15) is 0 Å². The molecule has 576 valence electrons. The monoisotopic (exact) mass is 1420 g/mol. The molecule has 0 aliphatic heterocycles. The number of hydrogen-bond acceptors (Lipinski definition) is 15. The summed E-state index contributed by atoms with van der Waals surface area (Å²) in [5.41, 5.74) is 0. The summed E-state index contributed by atoms with van der Waals surface area (Å²) in [7, 11) is -9.91. The van der Waals surface area contributed by atoms with Crippen molar-refractivity contribution in [3.05, 3.63) is 0 Å². The summed E-state index contributed by atoms with van der Waals surface area (Å²) < 4.78 is 68.5. The maximum absolute atomic E-state index is 13.1. The summed E-state index contributed by atoms with van der Waals surface area (Å²) in [6.07, 6.45) is 55.5. The van der Waals surface area contributed by atoms with Crippen molar-refractivity contribution in [2.24, 2.45) is 17.8 Å². The lowest BCUT2D eigenvalue weighted by Crippen LogP contribution is -2.30. The van der Waals surface area contributed by atoms with Crippen LogP contribution in [0, 0.1) is 17.8 Å². The van der Waals surface area contributed by atoms with Crippen LogP contribution in [0.4, 0.5) is 0 Å². The minimum atomic E-state index is -4.96. The van der Waals surface area contributed by atoms with Crippen LogP contribution in [-0.2, 0) is 65.4 Å². The molecule has 97 heavy (non-hydrogen) atoms. The average molecular weight is 1420 g/mol. The Bertz CT molecular complexity index is 1890. The van der Waals surface area contributed by atoms with Crippen molar-refractivity contribution in [2.75, 3.05) is 39.6 Å². The highest BCUT2D eigenvalue weighted by atomic mass is 31.2. The van der Waals surface area contributed by atoms with Crippen molar-refractivity contribution >= 4 is 39.5 Å². The number of aliphatic hydroxyl groups excluding tert-OH is 1. The molecule has 0 saturated carbocycles. The molecule has 0 heterocycles. The molecule has 0 aromatic carbocycles. The fraction of sp³-hybridized carbons (Fsp3) is 0.949. The highest BCUT2D eigenvalue weighted by Crippen LogP contribution is 2.45. The predicted octanol–water partition coefficient (Wildman–Crippen LogP) is 23.0. The number of carbonyl (C=O) groups is 4. The Kier molecular flexibility index (Phi) is 67.1. The summed E-state index contributed by atoms with van der Waals surface area (Å²) in [5.74, 6) is 0.342. The topological polar surface area (TPSA) is 237 Å². The van der Waals surface area contributed by atoms with E-state index in [0.717, 1.165) is 120 Å². The van der Waals surface area contributed by atoms with Crippen molar-refractivity contribution < 1.29 is 80.2 Å². The third-order valence-corrected chi connectivity index (χ3v) is 20.8. The molecule has 3 N–H and O–H groups in total. The van der Waals surface area contributed by atoms with Gasteiger partial charge in [-0.3, -0.25) is 37.3 Å². The van der Waals surface area contributed by atoms with E-state index >= 15 is 0 Å². The van der Waals surface area contributed by atoms with E-state index in [9.17, 15) is 43.2 Å². The lowest BCUT2D eigenvalue weighted by Gasteiger charge is -2.21. The number of carbonyl (C=O) groups excluding carboxylic acids is 4. The van der Waals surface area contributed by atoms with Crippen LogP contribution in [0.2, 0.25) is 0 Å². The van der Waals surface area contributed by atoms with Crippen LogP contribution in [0.3, 0.4) is 0 Å². The van der Waals surface area contributed by atoms with Gasteiger partial charge in [-0.15, -0.1) is 0 Å². The normalized spacial score (nSPS) is 14.6. The molecule has 0 aliphatic rings. The molecule has 0 amide bonds. The van der Waals surface area contributed by atoms with E-state index in [1.165, 1.54) is 199 Å². The smallest absolute Gasteiger partial charge is 0.462 e. The van der Waals surface area contributed by atoms with E-state index < -0.39 is 97.5 Å². The standard InChI is InChI=1S/C78H152O17P2/c1-8-11-12-13-35-45-52-59-75(80)88-65-73(94-78(83)62-55-48-41-34-28-22-23-29-36-42-49-56-69(4)5)67-92-96(84,85)90-63-72(79)64-91-97(86,87)93-68-74(95-77(82)61-54-47-40-33-27-21-17-15-19-25-31-38-44-51-58-71(7)10-3)66-89-76(81)60-53-46-39-32-26-20-16-14-18-24-30-37-43-50-57-70(6)9-2/h69-74,79H,8-68H2,1-7H3,(H,84,85)(H,86,87)/t70?,71?,72-,73+,74+/m0/s1. The molecule has 0 aliphatic carbocycles. The third-order valence-electron chi connectivity index (χ3n) is 18.9. The summed E-state index contributed by atoms with van der Waals surface area (Å²) in [6, 6.07) is 0. The Morgan fingerprint density at radius 3 is 0.784 bits per heavy atom. The largest absolute Gasteiger partial charge is 0.472 e. The third kappa shape index (κ3) is 69.5. The molecule has 0 radical (unpaired) electrons. The zero-order valence-electron chi connectivity index (χ0n) is 63.5. The van der Waals surface area contributed by atoms with Gasteiger partial charge < -0.3 is 33.8 Å². The van der Waals surface area contributed by atoms with Crippen molar-refractivity contribution in [1.82, 2.24) is 0 Å². The van der Waals surface area contributed by atoms with Gasteiger partial charge in [0.15, 0.2) is 12.2 Å². The van der Waals surface area contributed by atoms with Gasteiger partial charge in [-0.1, -0.05) is 350 Å². The van der Waals surface area contributed by atoms with E-state index in [1.807, 2.05) is 0 Å². The zero-order valence-corrected chi connectivity index (χ0v) is 65.3. The van der Waals surface area contributed by atoms with Crippen molar-refractivity contribution in [1.29, 1.82) is 0 Å². The van der Waals surface area contributed by atoms with Crippen molar-refractivity contribution in [2.45, 2.75) is 420 Å². The van der Waals surface area contributed by atoms with Crippen LogP contribution < -0.4 is 0 Å². The van der Waals surface area contributed by atoms with Gasteiger partial charge in [0.1, 0.15) is 19.3 Å². The van der Waals surface area contributed by atoms with Crippen molar-refractivity contribution in [3.63, 3.8) is 0 Å². The first-order valence-electron chi connectivity index (χ1n) is 40.4. The Balaban J connectivity index is 5.20. The Hall–Kier alpha value is -1.94. The number of hydrogen-bond donors (Lipinski definition) is 3. The predicted molar refractivity (Wildman–Crippen MR) is 395 cm³/mol. The molecule has 0 bridgehead atoms. The minimum absolute atomic E-state index is 0.106. The van der Waals surface area contributed by atoms with Crippen LogP contribution in [0.25, 0.3) is 0 Å². The summed E-state index contributed by atoms with van der Waals surface area (Å²) >= 11 is 0. The highest BCUT2D eigenvalue weighted by Gasteiger charge is 2.30. The molecule has 0 fully saturated rings. The van der Waals surface area contributed by atoms with Crippen LogP contribution >= 0.6 is 15.6 Å². The molecule has 19 heteroatoms. The number of unbranched alkanes of at least 4 members (excludes halogenated alkanes) is 42. The van der Waals surface area contributed by atoms with E-state index in [-0.39, 0.29) is 25.7 Å². The first kappa shape index (κ1) is 95.1. The second-order valence-corrected chi connectivity index (χ2v) is 32.0. The maximum Gasteiger partial charge on any atom is 0.472 e.